The second kappa shape index (κ2) is 34.4. The molecule has 7 unspecified atom stereocenters. The Morgan fingerprint density at radius 1 is 0.407 bits per heavy atom. The number of esters is 3. The molecule has 0 aliphatic rings. The fourth-order valence-corrected chi connectivity index (χ4v) is 8.54. The van der Waals surface area contributed by atoms with Crippen LogP contribution in [0.4, 0.5) is 0 Å². The molecule has 4 aromatic carbocycles. The van der Waals surface area contributed by atoms with Gasteiger partial charge in [0.05, 0.1) is 25.9 Å². The monoisotopic (exact) mass is 1210 g/mol. The minimum absolute atomic E-state index is 0.00706. The number of benzene rings is 4. The number of aliphatic hydroxyl groups excluding tert-OH is 5. The molecule has 0 amide bonds. The summed E-state index contributed by atoms with van der Waals surface area (Å²) in [5, 5.41) is 70.7. The molecular formula is C64H90N2O20. The van der Waals surface area contributed by atoms with Gasteiger partial charge in [0, 0.05) is 35.9 Å². The van der Waals surface area contributed by atoms with Crippen LogP contribution in [-0.2, 0) is 53.8 Å². The van der Waals surface area contributed by atoms with Gasteiger partial charge in [-0.3, -0.25) is 33.8 Å². The molecule has 476 valence electrons. The Morgan fingerprint density at radius 2 is 0.663 bits per heavy atom. The van der Waals surface area contributed by atoms with Crippen molar-refractivity contribution in [2.75, 3.05) is 79.0 Å². The van der Waals surface area contributed by atoms with E-state index in [4.69, 9.17) is 37.9 Å². The first-order valence-electron chi connectivity index (χ1n) is 28.9. The van der Waals surface area contributed by atoms with Crippen LogP contribution in [0.2, 0.25) is 0 Å². The van der Waals surface area contributed by atoms with Gasteiger partial charge in [0.1, 0.15) is 106 Å². The molecule has 0 radical (unpaired) electrons. The number of carboxylic acids is 2. The number of rotatable bonds is 39. The first-order chi connectivity index (χ1) is 40.5. The quantitative estimate of drug-likeness (QED) is 0.0159. The molecule has 0 saturated carbocycles. The maximum atomic E-state index is 12.7. The lowest BCUT2D eigenvalue weighted by Gasteiger charge is -2.27. The summed E-state index contributed by atoms with van der Waals surface area (Å²) in [7, 11) is 0. The van der Waals surface area contributed by atoms with Crippen LogP contribution in [-0.4, -0.2) is 197 Å². The zero-order valence-electron chi connectivity index (χ0n) is 51.2. The third-order valence-electron chi connectivity index (χ3n) is 14.6. The molecule has 0 aromatic heterocycles. The van der Waals surface area contributed by atoms with E-state index in [0.717, 1.165) is 22.3 Å². The Balaban J connectivity index is 1.11. The average molecular weight is 1210 g/mol. The van der Waals surface area contributed by atoms with E-state index in [0.29, 0.717) is 29.5 Å². The molecule has 0 aliphatic carbocycles. The Labute approximate surface area is 504 Å². The van der Waals surface area contributed by atoms with E-state index in [1.54, 1.807) is 55.1 Å². The van der Waals surface area contributed by atoms with Gasteiger partial charge in [-0.2, -0.15) is 0 Å². The van der Waals surface area contributed by atoms with E-state index in [1.165, 1.54) is 11.8 Å². The zero-order chi connectivity index (χ0) is 63.8. The van der Waals surface area contributed by atoms with E-state index < -0.39 is 88.9 Å². The molecule has 0 heterocycles. The molecule has 7 N–H and O–H groups in total. The van der Waals surface area contributed by atoms with E-state index in [2.05, 4.69) is 13.8 Å². The Hall–Kier alpha value is -6.89. The van der Waals surface area contributed by atoms with Gasteiger partial charge in [-0.15, -0.1) is 0 Å². The summed E-state index contributed by atoms with van der Waals surface area (Å²) >= 11 is 0. The lowest BCUT2D eigenvalue weighted by atomic mass is 9.78. The van der Waals surface area contributed by atoms with Crippen LogP contribution in [0.3, 0.4) is 0 Å². The van der Waals surface area contributed by atoms with Gasteiger partial charge in [-0.05, 0) is 91.2 Å². The van der Waals surface area contributed by atoms with Gasteiger partial charge in [0.25, 0.3) is 0 Å². The number of nitrogens with zero attached hydrogens (tertiary/aromatic N) is 2. The van der Waals surface area contributed by atoms with Gasteiger partial charge < -0.3 is 73.6 Å². The van der Waals surface area contributed by atoms with Crippen molar-refractivity contribution < 1.29 is 97.6 Å². The zero-order valence-corrected chi connectivity index (χ0v) is 51.2. The molecule has 0 saturated heterocycles. The number of hydrogen-bond acceptors (Lipinski definition) is 20. The number of carbonyl (C=O) groups excluding carboxylic acids is 3. The van der Waals surface area contributed by atoms with Gasteiger partial charge in [-0.1, -0.05) is 104 Å². The van der Waals surface area contributed by atoms with E-state index in [9.17, 15) is 59.7 Å². The van der Waals surface area contributed by atoms with Crippen LogP contribution >= 0.6 is 0 Å². The predicted octanol–water partition coefficient (Wildman–Crippen LogP) is 5.75. The summed E-state index contributed by atoms with van der Waals surface area (Å²) in [6, 6.07) is 27.7. The molecule has 0 bridgehead atoms. The molecule has 22 nitrogen and oxygen atoms in total. The molecule has 86 heavy (non-hydrogen) atoms. The normalized spacial score (nSPS) is 14.5. The molecule has 0 aliphatic heterocycles. The van der Waals surface area contributed by atoms with Crippen LogP contribution in [0.15, 0.2) is 97.1 Å². The Kier molecular flexibility index (Phi) is 28.7. The van der Waals surface area contributed by atoms with Crippen molar-refractivity contribution in [1.29, 1.82) is 0 Å². The maximum absolute atomic E-state index is 12.7. The van der Waals surface area contributed by atoms with E-state index >= 15 is 0 Å². The topological polar surface area (TPSA) is 307 Å². The number of ether oxygens (including phenoxy) is 8. The molecule has 0 spiro atoms. The van der Waals surface area contributed by atoms with Gasteiger partial charge in [0.15, 0.2) is 6.29 Å². The summed E-state index contributed by atoms with van der Waals surface area (Å²) < 4.78 is 44.0. The van der Waals surface area contributed by atoms with Gasteiger partial charge >= 0.3 is 29.8 Å². The highest BCUT2D eigenvalue weighted by molar-refractivity contribution is 5.74. The summed E-state index contributed by atoms with van der Waals surface area (Å²) in [5.74, 6) is -2.09. The van der Waals surface area contributed by atoms with Crippen molar-refractivity contribution in [3.05, 3.63) is 119 Å². The fraction of sp³-hybridized carbons (Fsp3) is 0.547. The average Bonchev–Trinajstić information content (AvgIpc) is 1.56. The number of likely N-dealkylation sites (N-methyl/N-ethyl adjacent to an activating group) is 1. The Bertz CT molecular complexity index is 2700. The molecule has 7 atom stereocenters. The van der Waals surface area contributed by atoms with Gasteiger partial charge in [0.2, 0.25) is 0 Å². The van der Waals surface area contributed by atoms with Crippen molar-refractivity contribution >= 4 is 29.8 Å². The third kappa shape index (κ3) is 24.1. The minimum atomic E-state index is -1.18. The standard InChI is InChI=1S/C64H90N2O20/c1-11-65(42(2)59(74)75)31-28-56(71)83-38-48(67)34-79-52-20-12-44(13-21-52)63(7,8)45-14-22-53(23-15-45)80-35-49(68)39-84-57(72)29-32-66(43(3)60(76)77)33-30-58(73)85-40-50(69)36-81-54-24-16-46(17-25-54)64(9,10)47-18-26-55(27-19-47)82-37-51(70)41-86-61(78)62(4,5)6/h12-27,42-43,48-51,61,67-70,78H,11,28-41H2,1-10H3,(H,74,75)(H,76,77). The lowest BCUT2D eigenvalue weighted by Crippen LogP contribution is -2.41. The van der Waals surface area contributed by atoms with Crippen LogP contribution in [0.1, 0.15) is 111 Å². The first-order valence-corrected chi connectivity index (χ1v) is 28.9. The predicted molar refractivity (Wildman–Crippen MR) is 317 cm³/mol. The summed E-state index contributed by atoms with van der Waals surface area (Å²) in [6.45, 7) is 17.4. The van der Waals surface area contributed by atoms with Crippen LogP contribution in [0, 0.1) is 5.41 Å². The smallest absolute Gasteiger partial charge is 0.320 e. The van der Waals surface area contributed by atoms with E-state index in [1.807, 2.05) is 95.3 Å². The van der Waals surface area contributed by atoms with Crippen LogP contribution < -0.4 is 18.9 Å². The van der Waals surface area contributed by atoms with Crippen molar-refractivity contribution in [2.45, 2.75) is 142 Å². The van der Waals surface area contributed by atoms with Crippen LogP contribution in [0.5, 0.6) is 23.0 Å². The number of hydrogen-bond donors (Lipinski definition) is 7. The number of carbonyl (C=O) groups is 5. The minimum Gasteiger partial charge on any atom is -0.491 e. The van der Waals surface area contributed by atoms with Crippen molar-refractivity contribution in [2.24, 2.45) is 5.41 Å². The second-order valence-electron chi connectivity index (χ2n) is 23.3. The largest absolute Gasteiger partial charge is 0.491 e. The second-order valence-corrected chi connectivity index (χ2v) is 23.3. The molecule has 22 heteroatoms. The number of aliphatic carboxylic acids is 2. The molecule has 4 rings (SSSR count). The Morgan fingerprint density at radius 3 is 0.919 bits per heavy atom. The maximum Gasteiger partial charge on any atom is 0.320 e. The molecule has 0 fully saturated rings. The number of carboxylic acid groups (broad SMARTS) is 2. The summed E-state index contributed by atoms with van der Waals surface area (Å²) in [5.41, 5.74) is 2.58. The molecule has 4 aromatic rings. The highest BCUT2D eigenvalue weighted by Gasteiger charge is 2.28. The van der Waals surface area contributed by atoms with Crippen molar-refractivity contribution in [1.82, 2.24) is 9.80 Å². The fourth-order valence-electron chi connectivity index (χ4n) is 8.54. The SMILES string of the molecule is CCN(CCC(=O)OCC(O)COc1ccc(C(C)(C)c2ccc(OCC(O)COC(=O)CCN(CCC(=O)OCC(O)COc3ccc(C(C)(C)c4ccc(OCC(O)COC(O)C(C)(C)C)cc4)cc3)C(C)C(=O)O)cc2)cc1)C(C)C(=O)O. The van der Waals surface area contributed by atoms with Gasteiger partial charge in [-0.25, -0.2) is 0 Å². The summed E-state index contributed by atoms with van der Waals surface area (Å²) in [4.78, 5) is 63.8. The lowest BCUT2D eigenvalue weighted by molar-refractivity contribution is -0.175. The summed E-state index contributed by atoms with van der Waals surface area (Å²) in [6.07, 6.45) is -5.85. The van der Waals surface area contributed by atoms with Crippen molar-refractivity contribution in [3.8, 4) is 23.0 Å². The highest BCUT2D eigenvalue weighted by Crippen LogP contribution is 2.35. The number of aliphatic hydroxyl groups is 5. The van der Waals surface area contributed by atoms with E-state index in [-0.39, 0.29) is 91.8 Å². The highest BCUT2D eigenvalue weighted by atomic mass is 16.6. The third-order valence-corrected chi connectivity index (χ3v) is 14.6. The first kappa shape index (κ1) is 71.6. The van der Waals surface area contributed by atoms with Crippen LogP contribution in [0.25, 0.3) is 0 Å². The molecular weight excluding hydrogens is 1120 g/mol. The van der Waals surface area contributed by atoms with Crippen molar-refractivity contribution in [3.63, 3.8) is 0 Å².